The maximum absolute atomic E-state index is 13.7. The van der Waals surface area contributed by atoms with E-state index in [1.54, 1.807) is 29.0 Å². The predicted molar refractivity (Wildman–Crippen MR) is 144 cm³/mol. The van der Waals surface area contributed by atoms with Crippen LogP contribution < -0.4 is 15.5 Å². The summed E-state index contributed by atoms with van der Waals surface area (Å²) >= 11 is 0. The molecule has 0 aliphatic carbocycles. The number of hydrogen-bond donors (Lipinski definition) is 2. The van der Waals surface area contributed by atoms with Crippen molar-refractivity contribution in [3.05, 3.63) is 29.8 Å². The molecule has 9 heteroatoms. The van der Waals surface area contributed by atoms with Gasteiger partial charge in [0.05, 0.1) is 18.6 Å². The fourth-order valence-corrected chi connectivity index (χ4v) is 5.42. The molecule has 2 aliphatic heterocycles. The van der Waals surface area contributed by atoms with Gasteiger partial charge in [-0.05, 0) is 62.4 Å². The summed E-state index contributed by atoms with van der Waals surface area (Å²) in [5.41, 5.74) is 1.45. The van der Waals surface area contributed by atoms with Crippen LogP contribution in [-0.2, 0) is 14.4 Å². The molecule has 0 bridgehead atoms. The number of rotatable bonds is 10. The lowest BCUT2D eigenvalue weighted by Gasteiger charge is -2.30. The van der Waals surface area contributed by atoms with Crippen LogP contribution in [0.3, 0.4) is 0 Å². The van der Waals surface area contributed by atoms with Crippen molar-refractivity contribution in [2.24, 2.45) is 11.8 Å². The van der Waals surface area contributed by atoms with Crippen LogP contribution in [0.15, 0.2) is 24.3 Å². The third kappa shape index (κ3) is 6.50. The van der Waals surface area contributed by atoms with Crippen LogP contribution >= 0.6 is 0 Å². The van der Waals surface area contributed by atoms with Gasteiger partial charge >= 0.3 is 0 Å². The largest absolute Gasteiger partial charge is 0.378 e. The van der Waals surface area contributed by atoms with E-state index in [-0.39, 0.29) is 48.1 Å². The van der Waals surface area contributed by atoms with E-state index in [0.717, 1.165) is 5.69 Å². The monoisotopic (exact) mass is 513 g/mol. The number of nitrogens with one attached hydrogen (secondary N) is 2. The van der Waals surface area contributed by atoms with Crippen molar-refractivity contribution in [3.63, 3.8) is 0 Å². The fourth-order valence-electron chi connectivity index (χ4n) is 5.42. The Kier molecular flexibility index (Phi) is 9.34. The molecule has 2 unspecified atom stereocenters. The molecule has 1 aromatic carbocycles. The summed E-state index contributed by atoms with van der Waals surface area (Å²) < 4.78 is 0. The van der Waals surface area contributed by atoms with Gasteiger partial charge in [0.25, 0.3) is 5.91 Å². The van der Waals surface area contributed by atoms with Gasteiger partial charge in [-0.3, -0.25) is 19.2 Å². The Bertz CT molecular complexity index is 991. The summed E-state index contributed by atoms with van der Waals surface area (Å²) in [6, 6.07) is 5.13. The first kappa shape index (κ1) is 28.6. The van der Waals surface area contributed by atoms with Crippen molar-refractivity contribution in [2.75, 3.05) is 39.1 Å². The van der Waals surface area contributed by atoms with Gasteiger partial charge in [-0.1, -0.05) is 27.7 Å². The standard InChI is InChI=1S/C28H43N5O4/c1-17(2)14-21(29-5)27(36)33-16-24(34)25-23(33)12-13-32(25)28(37)22(15-18(3)4)30-26(35)19-8-10-20(11-9-19)31(6)7/h8-11,17-18,21-23,25,29H,12-16H2,1-7H3,(H,30,35)/t21-,22-,23?,25?/m0/s1. The van der Waals surface area contributed by atoms with Crippen molar-refractivity contribution < 1.29 is 19.2 Å². The fraction of sp³-hybridized carbons (Fsp3) is 0.643. The van der Waals surface area contributed by atoms with Crippen molar-refractivity contribution in [1.82, 2.24) is 20.4 Å². The number of carbonyl (C=O) groups excluding carboxylic acids is 4. The van der Waals surface area contributed by atoms with Gasteiger partial charge < -0.3 is 25.3 Å². The average Bonchev–Trinajstić information content (AvgIpc) is 3.42. The second kappa shape index (κ2) is 12.1. The predicted octanol–water partition coefficient (Wildman–Crippen LogP) is 1.91. The summed E-state index contributed by atoms with van der Waals surface area (Å²) in [4.78, 5) is 58.3. The number of amides is 3. The van der Waals surface area contributed by atoms with E-state index >= 15 is 0 Å². The highest BCUT2D eigenvalue weighted by molar-refractivity contribution is 6.01. The van der Waals surface area contributed by atoms with Gasteiger partial charge in [-0.25, -0.2) is 0 Å². The lowest BCUT2D eigenvalue weighted by atomic mass is 10.0. The zero-order valence-electron chi connectivity index (χ0n) is 23.3. The van der Waals surface area contributed by atoms with Gasteiger partial charge in [0.15, 0.2) is 5.78 Å². The molecule has 4 atom stereocenters. The summed E-state index contributed by atoms with van der Waals surface area (Å²) in [6.45, 7) is 8.53. The van der Waals surface area contributed by atoms with Crippen LogP contribution in [0, 0.1) is 11.8 Å². The number of nitrogens with zero attached hydrogens (tertiary/aromatic N) is 3. The number of ketones is 1. The van der Waals surface area contributed by atoms with Gasteiger partial charge in [0.1, 0.15) is 12.1 Å². The molecule has 2 heterocycles. The van der Waals surface area contributed by atoms with Crippen LogP contribution in [0.5, 0.6) is 0 Å². The third-order valence-corrected chi connectivity index (χ3v) is 7.30. The molecular weight excluding hydrogens is 470 g/mol. The lowest BCUT2D eigenvalue weighted by molar-refractivity contribution is -0.138. The van der Waals surface area contributed by atoms with Crippen molar-refractivity contribution >= 4 is 29.2 Å². The summed E-state index contributed by atoms with van der Waals surface area (Å²) in [5, 5.41) is 6.01. The molecule has 204 valence electrons. The van der Waals surface area contributed by atoms with Crippen LogP contribution in [0.25, 0.3) is 0 Å². The number of likely N-dealkylation sites (tertiary alicyclic amines) is 2. The van der Waals surface area contributed by atoms with Gasteiger partial charge in [-0.15, -0.1) is 0 Å². The normalized spacial score (nSPS) is 20.8. The number of Topliss-reactive ketones (excluding diaryl/α,β-unsaturated/α-hetero) is 1. The van der Waals surface area contributed by atoms with Crippen molar-refractivity contribution in [1.29, 1.82) is 0 Å². The highest BCUT2D eigenvalue weighted by Crippen LogP contribution is 2.31. The molecule has 2 aliphatic rings. The molecule has 37 heavy (non-hydrogen) atoms. The lowest BCUT2D eigenvalue weighted by Crippen LogP contribution is -2.53. The van der Waals surface area contributed by atoms with Crippen LogP contribution in [0.4, 0.5) is 5.69 Å². The van der Waals surface area contributed by atoms with E-state index in [0.29, 0.717) is 37.3 Å². The molecule has 0 saturated carbocycles. The third-order valence-electron chi connectivity index (χ3n) is 7.30. The van der Waals surface area contributed by atoms with E-state index in [9.17, 15) is 19.2 Å². The number of likely N-dealkylation sites (N-methyl/N-ethyl adjacent to an activating group) is 1. The highest BCUT2D eigenvalue weighted by atomic mass is 16.2. The Balaban J connectivity index is 1.75. The molecule has 3 rings (SSSR count). The molecule has 0 spiro atoms. The minimum atomic E-state index is -0.747. The maximum atomic E-state index is 13.7. The Morgan fingerprint density at radius 1 is 0.946 bits per heavy atom. The van der Waals surface area contributed by atoms with Crippen LogP contribution in [-0.4, -0.2) is 91.7 Å². The summed E-state index contributed by atoms with van der Waals surface area (Å²) in [5.74, 6) is -0.281. The first-order chi connectivity index (χ1) is 17.4. The minimum absolute atomic E-state index is 0.0215. The SMILES string of the molecule is CN[C@@H](CC(C)C)C(=O)N1CC(=O)C2C1CCN2C(=O)[C@H](CC(C)C)NC(=O)c1ccc(N(C)C)cc1. The number of fused-ring (bicyclic) bond motifs is 1. The summed E-state index contributed by atoms with van der Waals surface area (Å²) in [7, 11) is 5.62. The van der Waals surface area contributed by atoms with Crippen molar-refractivity contribution in [3.8, 4) is 0 Å². The van der Waals surface area contributed by atoms with E-state index in [1.807, 2.05) is 45.0 Å². The number of carbonyl (C=O) groups is 4. The Hall–Kier alpha value is -2.94. The second-order valence-corrected chi connectivity index (χ2v) is 11.3. The zero-order chi connectivity index (χ0) is 27.4. The van der Waals surface area contributed by atoms with E-state index < -0.39 is 12.1 Å². The molecule has 1 aromatic rings. The number of anilines is 1. The molecule has 0 radical (unpaired) electrons. The Morgan fingerprint density at radius 2 is 1.51 bits per heavy atom. The van der Waals surface area contributed by atoms with E-state index in [2.05, 4.69) is 24.5 Å². The molecule has 0 aromatic heterocycles. The molecule has 2 saturated heterocycles. The quantitative estimate of drug-likeness (QED) is 0.496. The second-order valence-electron chi connectivity index (χ2n) is 11.3. The van der Waals surface area contributed by atoms with Crippen LogP contribution in [0.1, 0.15) is 57.3 Å². The molecule has 2 fully saturated rings. The van der Waals surface area contributed by atoms with E-state index in [1.165, 1.54) is 0 Å². The molecular formula is C28H43N5O4. The highest BCUT2D eigenvalue weighted by Gasteiger charge is 2.52. The maximum Gasteiger partial charge on any atom is 0.251 e. The van der Waals surface area contributed by atoms with Gasteiger partial charge in [0.2, 0.25) is 11.8 Å². The number of hydrogen-bond acceptors (Lipinski definition) is 6. The summed E-state index contributed by atoms with van der Waals surface area (Å²) in [6.07, 6.45) is 1.69. The number of benzene rings is 1. The molecule has 3 amide bonds. The zero-order valence-corrected chi connectivity index (χ0v) is 23.3. The Morgan fingerprint density at radius 3 is 2.05 bits per heavy atom. The Labute approximate surface area is 220 Å². The topological polar surface area (TPSA) is 102 Å². The average molecular weight is 514 g/mol. The van der Waals surface area contributed by atoms with Gasteiger partial charge in [-0.2, -0.15) is 0 Å². The van der Waals surface area contributed by atoms with Crippen molar-refractivity contribution in [2.45, 2.75) is 71.1 Å². The molecule has 9 nitrogen and oxygen atoms in total. The minimum Gasteiger partial charge on any atom is -0.378 e. The molecule has 2 N–H and O–H groups in total. The smallest absolute Gasteiger partial charge is 0.251 e. The first-order valence-electron chi connectivity index (χ1n) is 13.3. The van der Waals surface area contributed by atoms with Gasteiger partial charge in [0, 0.05) is 31.9 Å². The van der Waals surface area contributed by atoms with E-state index in [4.69, 9.17) is 0 Å². The van der Waals surface area contributed by atoms with Crippen LogP contribution in [0.2, 0.25) is 0 Å². The first-order valence-corrected chi connectivity index (χ1v) is 13.3.